The number of carbonyl (C=O) groups excluding carboxylic acids is 1. The van der Waals surface area contributed by atoms with Crippen LogP contribution in [0.2, 0.25) is 0 Å². The first kappa shape index (κ1) is 16.6. The van der Waals surface area contributed by atoms with E-state index in [0.29, 0.717) is 13.1 Å². The molecule has 3 rings (SSSR count). The van der Waals surface area contributed by atoms with Crippen molar-refractivity contribution in [1.29, 1.82) is 0 Å². The maximum Gasteiger partial charge on any atom is 0.410 e. The number of nitrogens with zero attached hydrogens (tertiary/aromatic N) is 2. The predicted molar refractivity (Wildman–Crippen MR) is 96.3 cm³/mol. The van der Waals surface area contributed by atoms with Crippen molar-refractivity contribution in [3.63, 3.8) is 0 Å². The van der Waals surface area contributed by atoms with E-state index in [9.17, 15) is 4.79 Å². The molecule has 1 aliphatic rings. The molecule has 0 spiro atoms. The number of carbonyl (C=O) groups is 1. The standard InChI is InChI=1S/C19H25N3O2/c1-13-7-8-16-15(6-5-10-20-16)17(13)21-14-9-11-22(12-14)18(23)24-19(2,3)4/h5-8,10,14,21H,9,11-12H2,1-4H3. The van der Waals surface area contributed by atoms with Gasteiger partial charge < -0.3 is 15.0 Å². The van der Waals surface area contributed by atoms with Gasteiger partial charge in [0.1, 0.15) is 5.60 Å². The first-order valence-corrected chi connectivity index (χ1v) is 8.42. The molecule has 1 unspecified atom stereocenters. The number of aryl methyl sites for hydroxylation is 1. The smallest absolute Gasteiger partial charge is 0.410 e. The molecule has 1 aromatic heterocycles. The summed E-state index contributed by atoms with van der Waals surface area (Å²) in [6.45, 7) is 9.14. The van der Waals surface area contributed by atoms with Gasteiger partial charge in [-0.05, 0) is 57.9 Å². The van der Waals surface area contributed by atoms with Crippen molar-refractivity contribution < 1.29 is 9.53 Å². The van der Waals surface area contributed by atoms with Crippen LogP contribution < -0.4 is 5.32 Å². The number of likely N-dealkylation sites (tertiary alicyclic amines) is 1. The molecule has 1 atom stereocenters. The lowest BCUT2D eigenvalue weighted by molar-refractivity contribution is 0.0293. The molecular formula is C19H25N3O2. The quantitative estimate of drug-likeness (QED) is 0.907. The van der Waals surface area contributed by atoms with Crippen LogP contribution in [0.1, 0.15) is 32.8 Å². The van der Waals surface area contributed by atoms with Gasteiger partial charge in [0.2, 0.25) is 0 Å². The highest BCUT2D eigenvalue weighted by molar-refractivity contribution is 5.93. The highest BCUT2D eigenvalue weighted by Gasteiger charge is 2.30. The molecule has 0 radical (unpaired) electrons. The third kappa shape index (κ3) is 3.61. The molecule has 1 aliphatic heterocycles. The van der Waals surface area contributed by atoms with E-state index in [1.807, 2.05) is 32.9 Å². The Kier molecular flexibility index (Phi) is 4.35. The fourth-order valence-electron chi connectivity index (χ4n) is 3.03. The summed E-state index contributed by atoms with van der Waals surface area (Å²) < 4.78 is 5.46. The minimum Gasteiger partial charge on any atom is -0.444 e. The van der Waals surface area contributed by atoms with Crippen molar-refractivity contribution >= 4 is 22.7 Å². The van der Waals surface area contributed by atoms with Gasteiger partial charge in [-0.15, -0.1) is 0 Å². The number of hydrogen-bond donors (Lipinski definition) is 1. The van der Waals surface area contributed by atoms with Crippen LogP contribution in [0.25, 0.3) is 10.9 Å². The molecular weight excluding hydrogens is 302 g/mol. The van der Waals surface area contributed by atoms with Crippen LogP contribution in [-0.2, 0) is 4.74 Å². The van der Waals surface area contributed by atoms with Gasteiger partial charge in [-0.1, -0.05) is 6.07 Å². The van der Waals surface area contributed by atoms with Crippen molar-refractivity contribution in [2.45, 2.75) is 45.8 Å². The topological polar surface area (TPSA) is 54.5 Å². The molecule has 2 heterocycles. The molecule has 1 fully saturated rings. The Morgan fingerprint density at radius 2 is 2.12 bits per heavy atom. The Hall–Kier alpha value is -2.30. The summed E-state index contributed by atoms with van der Waals surface area (Å²) in [7, 11) is 0. The van der Waals surface area contributed by atoms with Crippen molar-refractivity contribution in [1.82, 2.24) is 9.88 Å². The Bertz CT molecular complexity index is 752. The zero-order chi connectivity index (χ0) is 17.3. The van der Waals surface area contributed by atoms with Crippen molar-refractivity contribution in [3.8, 4) is 0 Å². The van der Waals surface area contributed by atoms with Crippen LogP contribution in [0, 0.1) is 6.92 Å². The van der Waals surface area contributed by atoms with E-state index in [1.54, 1.807) is 11.1 Å². The molecule has 1 N–H and O–H groups in total. The second kappa shape index (κ2) is 6.30. The average molecular weight is 327 g/mol. The van der Waals surface area contributed by atoms with E-state index in [-0.39, 0.29) is 12.1 Å². The van der Waals surface area contributed by atoms with Crippen molar-refractivity contribution in [3.05, 3.63) is 36.0 Å². The fraction of sp³-hybridized carbons (Fsp3) is 0.474. The Morgan fingerprint density at radius 1 is 1.33 bits per heavy atom. The van der Waals surface area contributed by atoms with Crippen LogP contribution in [0.15, 0.2) is 30.5 Å². The van der Waals surface area contributed by atoms with Gasteiger partial charge in [-0.2, -0.15) is 0 Å². The van der Waals surface area contributed by atoms with Crippen LogP contribution in [-0.4, -0.2) is 40.7 Å². The SMILES string of the molecule is Cc1ccc2ncccc2c1NC1CCN(C(=O)OC(C)(C)C)C1. The van der Waals surface area contributed by atoms with Crippen LogP contribution >= 0.6 is 0 Å². The molecule has 5 nitrogen and oxygen atoms in total. The lowest BCUT2D eigenvalue weighted by Crippen LogP contribution is -2.36. The normalized spacial score (nSPS) is 18.0. The number of amides is 1. The summed E-state index contributed by atoms with van der Waals surface area (Å²) in [5.41, 5.74) is 2.82. The first-order chi connectivity index (χ1) is 11.3. The third-order valence-corrected chi connectivity index (χ3v) is 4.18. The third-order valence-electron chi connectivity index (χ3n) is 4.18. The number of anilines is 1. The van der Waals surface area contributed by atoms with Crippen molar-refractivity contribution in [2.24, 2.45) is 0 Å². The highest BCUT2D eigenvalue weighted by atomic mass is 16.6. The first-order valence-electron chi connectivity index (χ1n) is 8.42. The van der Waals surface area contributed by atoms with E-state index < -0.39 is 5.60 Å². The van der Waals surface area contributed by atoms with Crippen LogP contribution in [0.3, 0.4) is 0 Å². The van der Waals surface area contributed by atoms with Gasteiger partial charge in [-0.25, -0.2) is 4.79 Å². The number of aromatic nitrogens is 1. The summed E-state index contributed by atoms with van der Waals surface area (Å²) in [4.78, 5) is 18.4. The number of hydrogen-bond acceptors (Lipinski definition) is 4. The molecule has 1 amide bonds. The molecule has 2 aromatic rings. The van der Waals surface area contributed by atoms with E-state index >= 15 is 0 Å². The average Bonchev–Trinajstić information content (AvgIpc) is 2.97. The maximum absolute atomic E-state index is 12.2. The predicted octanol–water partition coefficient (Wildman–Crippen LogP) is 3.96. The molecule has 0 aliphatic carbocycles. The summed E-state index contributed by atoms with van der Waals surface area (Å²) >= 11 is 0. The number of rotatable bonds is 2. The number of pyridine rings is 1. The summed E-state index contributed by atoms with van der Waals surface area (Å²) in [6.07, 6.45) is 2.49. The van der Waals surface area contributed by atoms with Crippen molar-refractivity contribution in [2.75, 3.05) is 18.4 Å². The van der Waals surface area contributed by atoms with E-state index in [4.69, 9.17) is 4.74 Å². The minimum absolute atomic E-state index is 0.224. The Labute approximate surface area is 143 Å². The molecule has 128 valence electrons. The zero-order valence-corrected chi connectivity index (χ0v) is 14.8. The van der Waals surface area contributed by atoms with Gasteiger partial charge in [0.15, 0.2) is 0 Å². The Morgan fingerprint density at radius 3 is 2.88 bits per heavy atom. The second-order valence-corrected chi connectivity index (χ2v) is 7.38. The van der Waals surface area contributed by atoms with Gasteiger partial charge in [0.05, 0.1) is 5.52 Å². The fourth-order valence-corrected chi connectivity index (χ4v) is 3.03. The molecule has 0 saturated carbocycles. The summed E-state index contributed by atoms with van der Waals surface area (Å²) in [5.74, 6) is 0. The molecule has 24 heavy (non-hydrogen) atoms. The monoisotopic (exact) mass is 327 g/mol. The lowest BCUT2D eigenvalue weighted by Gasteiger charge is -2.24. The molecule has 1 saturated heterocycles. The number of benzene rings is 1. The lowest BCUT2D eigenvalue weighted by atomic mass is 10.1. The summed E-state index contributed by atoms with van der Waals surface area (Å²) in [5, 5.41) is 4.73. The van der Waals surface area contributed by atoms with Gasteiger partial charge in [0, 0.05) is 36.4 Å². The number of fused-ring (bicyclic) bond motifs is 1. The van der Waals surface area contributed by atoms with Gasteiger partial charge in [0.25, 0.3) is 0 Å². The van der Waals surface area contributed by atoms with E-state index in [0.717, 1.165) is 23.0 Å². The van der Waals surface area contributed by atoms with Gasteiger partial charge >= 0.3 is 6.09 Å². The number of nitrogens with one attached hydrogen (secondary N) is 1. The number of ether oxygens (including phenoxy) is 1. The molecule has 5 heteroatoms. The van der Waals surface area contributed by atoms with E-state index in [2.05, 4.69) is 29.4 Å². The molecule has 1 aromatic carbocycles. The highest BCUT2D eigenvalue weighted by Crippen LogP contribution is 2.28. The van der Waals surface area contributed by atoms with E-state index in [1.165, 1.54) is 5.56 Å². The largest absolute Gasteiger partial charge is 0.444 e. The Balaban J connectivity index is 1.72. The van der Waals surface area contributed by atoms with Gasteiger partial charge in [-0.3, -0.25) is 4.98 Å². The van der Waals surface area contributed by atoms with Crippen LogP contribution in [0.4, 0.5) is 10.5 Å². The molecule has 0 bridgehead atoms. The van der Waals surface area contributed by atoms with Crippen LogP contribution in [0.5, 0.6) is 0 Å². The minimum atomic E-state index is -0.458. The maximum atomic E-state index is 12.2. The second-order valence-electron chi connectivity index (χ2n) is 7.38. The zero-order valence-electron chi connectivity index (χ0n) is 14.8. The summed E-state index contributed by atoms with van der Waals surface area (Å²) in [6, 6.07) is 8.38.